The van der Waals surface area contributed by atoms with Crippen molar-refractivity contribution in [1.82, 2.24) is 4.90 Å². The average molecular weight is 629 g/mol. The number of nitrogens with zero attached hydrogens (tertiary/aromatic N) is 2. The zero-order valence-corrected chi connectivity index (χ0v) is 25.3. The van der Waals surface area contributed by atoms with Gasteiger partial charge in [0.2, 0.25) is 23.6 Å². The summed E-state index contributed by atoms with van der Waals surface area (Å²) in [7, 11) is 1.47. The molecule has 3 aromatic carbocycles. The SMILES string of the molecule is COc1ccc([C@H]2C3=CC[C@@H]4C(=O)N(Cc5ccccc5)C(=O)[C@@H]4[C@@H]3C[C@H]3C(=O)N(c4ccc(F)c(Cl)c4)C(=O)[C@@]23C)c(O)c1. The molecule has 7 rings (SSSR count). The van der Waals surface area contributed by atoms with E-state index in [0.717, 1.165) is 22.1 Å². The molecule has 4 amide bonds. The second-order valence-corrected chi connectivity index (χ2v) is 12.8. The van der Waals surface area contributed by atoms with Crippen molar-refractivity contribution < 1.29 is 33.4 Å². The fourth-order valence-corrected chi connectivity index (χ4v) is 8.29. The lowest BCUT2D eigenvalue weighted by Crippen LogP contribution is -2.48. The van der Waals surface area contributed by atoms with Crippen molar-refractivity contribution in [1.29, 1.82) is 0 Å². The maximum atomic E-state index is 14.5. The van der Waals surface area contributed by atoms with Gasteiger partial charge < -0.3 is 9.84 Å². The summed E-state index contributed by atoms with van der Waals surface area (Å²) < 4.78 is 19.4. The minimum absolute atomic E-state index is 0.119. The second kappa shape index (κ2) is 10.5. The minimum atomic E-state index is -1.37. The second-order valence-electron chi connectivity index (χ2n) is 12.4. The first-order valence-electron chi connectivity index (χ1n) is 14.9. The van der Waals surface area contributed by atoms with Gasteiger partial charge in [-0.25, -0.2) is 9.29 Å². The number of anilines is 1. The first kappa shape index (κ1) is 29.2. The van der Waals surface area contributed by atoms with Crippen molar-refractivity contribution in [3.8, 4) is 11.5 Å². The fourth-order valence-electron chi connectivity index (χ4n) is 8.11. The number of carbonyl (C=O) groups excluding carboxylic acids is 4. The van der Waals surface area contributed by atoms with Crippen LogP contribution in [0.4, 0.5) is 10.1 Å². The average Bonchev–Trinajstić information content (AvgIpc) is 3.39. The number of methoxy groups -OCH3 is 1. The molecule has 6 atom stereocenters. The first-order valence-corrected chi connectivity index (χ1v) is 15.2. The fraction of sp³-hybridized carbons (Fsp3) is 0.314. The Morgan fingerprint density at radius 2 is 1.73 bits per heavy atom. The molecular formula is C35H30ClFN2O6. The number of allylic oxidation sites excluding steroid dienone is 2. The zero-order valence-electron chi connectivity index (χ0n) is 24.6. The molecule has 0 bridgehead atoms. The predicted molar refractivity (Wildman–Crippen MR) is 163 cm³/mol. The lowest BCUT2D eigenvalue weighted by atomic mass is 9.51. The molecular weight excluding hydrogens is 599 g/mol. The highest BCUT2D eigenvalue weighted by Gasteiger charge is 2.67. The Balaban J connectivity index is 1.35. The molecule has 0 spiro atoms. The molecule has 8 nitrogen and oxygen atoms in total. The van der Waals surface area contributed by atoms with Crippen LogP contribution in [0, 0.1) is 34.9 Å². The third-order valence-electron chi connectivity index (χ3n) is 10.3. The summed E-state index contributed by atoms with van der Waals surface area (Å²) in [6, 6.07) is 17.8. The minimum Gasteiger partial charge on any atom is -0.508 e. The number of halogens is 2. The van der Waals surface area contributed by atoms with Crippen molar-refractivity contribution in [3.05, 3.63) is 100 Å². The highest BCUT2D eigenvalue weighted by Crippen LogP contribution is 2.64. The number of amides is 4. The zero-order chi connectivity index (χ0) is 31.8. The lowest BCUT2D eigenvalue weighted by Gasteiger charge is -2.49. The van der Waals surface area contributed by atoms with Gasteiger partial charge in [0.1, 0.15) is 17.3 Å². The van der Waals surface area contributed by atoms with Crippen LogP contribution in [0.1, 0.15) is 36.8 Å². The Kier molecular flexibility index (Phi) is 6.85. The molecule has 0 radical (unpaired) electrons. The summed E-state index contributed by atoms with van der Waals surface area (Å²) in [4.78, 5) is 58.8. The number of phenols is 1. The maximum Gasteiger partial charge on any atom is 0.241 e. The number of hydrogen-bond donors (Lipinski definition) is 1. The van der Waals surface area contributed by atoms with Crippen LogP contribution in [0.25, 0.3) is 0 Å². The Labute approximate surface area is 264 Å². The van der Waals surface area contributed by atoms with E-state index >= 15 is 0 Å². The van der Waals surface area contributed by atoms with Crippen LogP contribution in [0.2, 0.25) is 5.02 Å². The number of imide groups is 2. The first-order chi connectivity index (χ1) is 21.6. The number of aromatic hydroxyl groups is 1. The summed E-state index contributed by atoms with van der Waals surface area (Å²) in [6.45, 7) is 1.86. The molecule has 3 fully saturated rings. The van der Waals surface area contributed by atoms with Crippen LogP contribution < -0.4 is 9.64 Å². The molecule has 0 aromatic heterocycles. The Bertz CT molecular complexity index is 1810. The van der Waals surface area contributed by atoms with Gasteiger partial charge in [-0.3, -0.25) is 24.1 Å². The van der Waals surface area contributed by atoms with E-state index in [2.05, 4.69) is 0 Å². The summed E-state index contributed by atoms with van der Waals surface area (Å²) in [6.07, 6.45) is 2.37. The van der Waals surface area contributed by atoms with Gasteiger partial charge in [0.25, 0.3) is 0 Å². The molecule has 1 saturated carbocycles. The van der Waals surface area contributed by atoms with Crippen LogP contribution >= 0.6 is 11.6 Å². The van der Waals surface area contributed by atoms with E-state index in [0.29, 0.717) is 17.7 Å². The van der Waals surface area contributed by atoms with Gasteiger partial charge in [0.05, 0.1) is 47.5 Å². The topological polar surface area (TPSA) is 104 Å². The molecule has 10 heteroatoms. The van der Waals surface area contributed by atoms with Crippen LogP contribution in [-0.2, 0) is 25.7 Å². The molecule has 230 valence electrons. The number of fused-ring (bicyclic) bond motifs is 4. The number of likely N-dealkylation sites (tertiary alicyclic amines) is 1. The van der Waals surface area contributed by atoms with Crippen LogP contribution in [0.15, 0.2) is 78.4 Å². The van der Waals surface area contributed by atoms with Gasteiger partial charge in [0, 0.05) is 17.5 Å². The van der Waals surface area contributed by atoms with Crippen molar-refractivity contribution >= 4 is 40.9 Å². The number of benzene rings is 3. The largest absolute Gasteiger partial charge is 0.508 e. The van der Waals surface area contributed by atoms with Gasteiger partial charge >= 0.3 is 0 Å². The highest BCUT2D eigenvalue weighted by atomic mass is 35.5. The third kappa shape index (κ3) is 4.24. The Morgan fingerprint density at radius 1 is 0.978 bits per heavy atom. The summed E-state index contributed by atoms with van der Waals surface area (Å²) in [5.41, 5.74) is 0.761. The number of ether oxygens (including phenoxy) is 1. The predicted octanol–water partition coefficient (Wildman–Crippen LogP) is 5.62. The maximum absolute atomic E-state index is 14.5. The summed E-state index contributed by atoms with van der Waals surface area (Å²) in [5.74, 6) is -5.49. The van der Waals surface area contributed by atoms with Crippen molar-refractivity contribution in [2.45, 2.75) is 32.2 Å². The van der Waals surface area contributed by atoms with Crippen LogP contribution in [-0.4, -0.2) is 40.7 Å². The van der Waals surface area contributed by atoms with E-state index in [4.69, 9.17) is 16.3 Å². The summed E-state index contributed by atoms with van der Waals surface area (Å²) >= 11 is 6.06. The van der Waals surface area contributed by atoms with Gasteiger partial charge in [-0.2, -0.15) is 0 Å². The number of phenolic OH excluding ortho intramolecular Hbond substituents is 1. The van der Waals surface area contributed by atoms with E-state index in [1.54, 1.807) is 19.1 Å². The smallest absolute Gasteiger partial charge is 0.241 e. The molecule has 3 aromatic rings. The normalized spacial score (nSPS) is 29.0. The molecule has 0 unspecified atom stereocenters. The van der Waals surface area contributed by atoms with E-state index in [-0.39, 0.29) is 41.2 Å². The monoisotopic (exact) mass is 628 g/mol. The molecule has 2 aliphatic heterocycles. The molecule has 1 N–H and O–H groups in total. The van der Waals surface area contributed by atoms with Crippen molar-refractivity contribution in [3.63, 3.8) is 0 Å². The van der Waals surface area contributed by atoms with Gasteiger partial charge in [0.15, 0.2) is 0 Å². The van der Waals surface area contributed by atoms with Crippen molar-refractivity contribution in [2.75, 3.05) is 12.0 Å². The van der Waals surface area contributed by atoms with Crippen LogP contribution in [0.5, 0.6) is 11.5 Å². The quantitative estimate of drug-likeness (QED) is 0.290. The number of rotatable bonds is 5. The van der Waals surface area contributed by atoms with Gasteiger partial charge in [-0.1, -0.05) is 59.6 Å². The van der Waals surface area contributed by atoms with Gasteiger partial charge in [-0.05, 0) is 55.5 Å². The van der Waals surface area contributed by atoms with E-state index in [1.165, 1.54) is 30.2 Å². The Morgan fingerprint density at radius 3 is 2.42 bits per heavy atom. The molecule has 2 saturated heterocycles. The molecule has 2 aliphatic carbocycles. The van der Waals surface area contributed by atoms with Crippen LogP contribution in [0.3, 0.4) is 0 Å². The third-order valence-corrected chi connectivity index (χ3v) is 10.5. The molecule has 2 heterocycles. The van der Waals surface area contributed by atoms with E-state index in [1.807, 2.05) is 36.4 Å². The molecule has 4 aliphatic rings. The Hall–Kier alpha value is -4.50. The van der Waals surface area contributed by atoms with Crippen molar-refractivity contribution in [2.24, 2.45) is 29.1 Å². The van der Waals surface area contributed by atoms with Gasteiger partial charge in [-0.15, -0.1) is 0 Å². The lowest BCUT2D eigenvalue weighted by molar-refractivity contribution is -0.141. The summed E-state index contributed by atoms with van der Waals surface area (Å²) in [5, 5.41) is 11.1. The number of hydrogen-bond acceptors (Lipinski definition) is 6. The number of carbonyl (C=O) groups is 4. The van der Waals surface area contributed by atoms with E-state index < -0.39 is 52.6 Å². The standard InChI is InChI=1S/C35H30ClFN2O6/c1-35-25(32(42)39(34(35)44)19-8-13-27(37)26(36)14-19)16-24-21(30(35)22-10-9-20(45-2)15-28(22)40)11-12-23-29(24)33(43)38(31(23)41)17-18-6-4-3-5-7-18/h3-11,13-15,23-25,29-30,40H,12,16-17H2,1-2H3/t23-,24+,25-,29-,30+,35+/m0/s1. The molecule has 45 heavy (non-hydrogen) atoms. The van der Waals surface area contributed by atoms with E-state index in [9.17, 15) is 28.7 Å². The highest BCUT2D eigenvalue weighted by molar-refractivity contribution is 6.31.